The molecule has 1 aliphatic heterocycles. The molecule has 0 atom stereocenters. The van der Waals surface area contributed by atoms with Crippen LogP contribution in [0.2, 0.25) is 0 Å². The van der Waals surface area contributed by atoms with Gasteiger partial charge in [0.05, 0.1) is 6.54 Å². The Morgan fingerprint density at radius 3 is 2.44 bits per heavy atom. The van der Waals surface area contributed by atoms with Crippen LogP contribution in [0.5, 0.6) is 0 Å². The van der Waals surface area contributed by atoms with Gasteiger partial charge in [-0.25, -0.2) is 4.79 Å². The molecule has 5 nitrogen and oxygen atoms in total. The summed E-state index contributed by atoms with van der Waals surface area (Å²) in [7, 11) is 0. The van der Waals surface area contributed by atoms with E-state index in [2.05, 4.69) is 12.2 Å². The van der Waals surface area contributed by atoms with E-state index in [0.717, 1.165) is 37.1 Å². The van der Waals surface area contributed by atoms with Crippen molar-refractivity contribution in [3.05, 3.63) is 70.1 Å². The van der Waals surface area contributed by atoms with E-state index in [1.807, 2.05) is 35.2 Å². The molecule has 0 aliphatic carbocycles. The predicted octanol–water partition coefficient (Wildman–Crippen LogP) is 2.84. The lowest BCUT2D eigenvalue weighted by Gasteiger charge is -2.30. The summed E-state index contributed by atoms with van der Waals surface area (Å²) in [6.07, 6.45) is 3.96. The maximum absolute atomic E-state index is 12.2. The van der Waals surface area contributed by atoms with E-state index in [9.17, 15) is 9.59 Å². The highest BCUT2D eigenvalue weighted by Gasteiger charge is 2.19. The number of benzene rings is 1. The number of pyridine rings is 1. The van der Waals surface area contributed by atoms with Crippen molar-refractivity contribution in [2.45, 2.75) is 32.9 Å². The molecule has 2 amide bonds. The minimum atomic E-state index is -0.00492. The van der Waals surface area contributed by atoms with Gasteiger partial charge in [0.2, 0.25) is 0 Å². The van der Waals surface area contributed by atoms with Crippen molar-refractivity contribution < 1.29 is 4.79 Å². The summed E-state index contributed by atoms with van der Waals surface area (Å²) < 4.78 is 1.67. The Balaban J connectivity index is 1.52. The number of hydrogen-bond acceptors (Lipinski definition) is 2. The Morgan fingerprint density at radius 2 is 1.76 bits per heavy atom. The smallest absolute Gasteiger partial charge is 0.317 e. The fraction of sp³-hybridized carbons (Fsp3) is 0.400. The van der Waals surface area contributed by atoms with Gasteiger partial charge in [-0.1, -0.05) is 37.3 Å². The number of carbonyl (C=O) groups excluding carboxylic acids is 1. The van der Waals surface area contributed by atoms with Gasteiger partial charge >= 0.3 is 6.03 Å². The van der Waals surface area contributed by atoms with Gasteiger partial charge in [0.25, 0.3) is 5.56 Å². The van der Waals surface area contributed by atoms with Crippen molar-refractivity contribution in [3.63, 3.8) is 0 Å². The summed E-state index contributed by atoms with van der Waals surface area (Å²) in [5.74, 6) is 0.716. The number of nitrogens with zero attached hydrogens (tertiary/aromatic N) is 2. The van der Waals surface area contributed by atoms with Gasteiger partial charge in [0.1, 0.15) is 0 Å². The number of nitrogens with one attached hydrogen (secondary N) is 1. The average molecular weight is 339 g/mol. The van der Waals surface area contributed by atoms with Crippen molar-refractivity contribution in [2.24, 2.45) is 5.92 Å². The molecule has 3 rings (SSSR count). The Morgan fingerprint density at radius 1 is 1.08 bits per heavy atom. The normalized spacial score (nSPS) is 15.2. The molecule has 1 saturated heterocycles. The highest BCUT2D eigenvalue weighted by molar-refractivity contribution is 5.74. The van der Waals surface area contributed by atoms with Crippen LogP contribution in [0.1, 0.15) is 30.9 Å². The van der Waals surface area contributed by atoms with Crippen LogP contribution in [0.15, 0.2) is 53.5 Å². The van der Waals surface area contributed by atoms with E-state index < -0.39 is 0 Å². The van der Waals surface area contributed by atoms with E-state index in [1.165, 1.54) is 0 Å². The fourth-order valence-corrected chi connectivity index (χ4v) is 3.05. The Bertz CT molecular complexity index is 759. The number of carbonyl (C=O) groups is 1. The van der Waals surface area contributed by atoms with Gasteiger partial charge in [-0.2, -0.15) is 0 Å². The summed E-state index contributed by atoms with van der Waals surface area (Å²) in [5.41, 5.74) is 2.12. The van der Waals surface area contributed by atoms with E-state index >= 15 is 0 Å². The second-order valence-electron chi connectivity index (χ2n) is 6.81. The minimum absolute atomic E-state index is 0.00492. The van der Waals surface area contributed by atoms with Gasteiger partial charge in [-0.05, 0) is 36.0 Å². The Hall–Kier alpha value is -2.56. The van der Waals surface area contributed by atoms with E-state index in [4.69, 9.17) is 0 Å². The molecule has 0 bridgehead atoms. The van der Waals surface area contributed by atoms with Crippen LogP contribution >= 0.6 is 0 Å². The third-order valence-corrected chi connectivity index (χ3v) is 4.79. The summed E-state index contributed by atoms with van der Waals surface area (Å²) >= 11 is 0. The molecule has 2 heterocycles. The largest absolute Gasteiger partial charge is 0.334 e. The number of rotatable bonds is 4. The zero-order chi connectivity index (χ0) is 17.6. The maximum Gasteiger partial charge on any atom is 0.317 e. The second-order valence-corrected chi connectivity index (χ2v) is 6.81. The van der Waals surface area contributed by atoms with Gasteiger partial charge in [-0.15, -0.1) is 0 Å². The zero-order valence-corrected chi connectivity index (χ0v) is 14.6. The van der Waals surface area contributed by atoms with Crippen LogP contribution in [0, 0.1) is 5.92 Å². The molecule has 132 valence electrons. The molecule has 0 unspecified atom stereocenters. The molecule has 1 aliphatic rings. The summed E-state index contributed by atoms with van der Waals surface area (Å²) in [4.78, 5) is 25.8. The lowest BCUT2D eigenvalue weighted by Crippen LogP contribution is -2.43. The molecule has 0 saturated carbocycles. The van der Waals surface area contributed by atoms with Crippen molar-refractivity contribution in [1.82, 2.24) is 14.8 Å². The topological polar surface area (TPSA) is 54.3 Å². The standard InChI is InChI=1S/C20H25N3O2/c1-16-9-12-22(13-10-16)20(25)21-14-17-5-7-18(8-6-17)15-23-11-3-2-4-19(23)24/h2-8,11,16H,9-10,12-15H2,1H3,(H,21,25). The van der Waals surface area contributed by atoms with Crippen LogP contribution < -0.4 is 10.9 Å². The molecule has 0 spiro atoms. The number of hydrogen-bond donors (Lipinski definition) is 1. The van der Waals surface area contributed by atoms with Gasteiger partial charge in [0, 0.05) is 31.9 Å². The lowest BCUT2D eigenvalue weighted by molar-refractivity contribution is 0.173. The number of likely N-dealkylation sites (tertiary alicyclic amines) is 1. The number of piperidine rings is 1. The van der Waals surface area contributed by atoms with Crippen LogP contribution in [-0.4, -0.2) is 28.6 Å². The molecule has 1 aromatic carbocycles. The lowest BCUT2D eigenvalue weighted by atomic mass is 10.00. The molecule has 1 aromatic heterocycles. The summed E-state index contributed by atoms with van der Waals surface area (Å²) in [6.45, 7) is 5.00. The first-order valence-electron chi connectivity index (χ1n) is 8.88. The van der Waals surface area contributed by atoms with Crippen molar-refractivity contribution in [2.75, 3.05) is 13.1 Å². The Kier molecular flexibility index (Phi) is 5.53. The molecular formula is C20H25N3O2. The predicted molar refractivity (Wildman–Crippen MR) is 98.5 cm³/mol. The first-order chi connectivity index (χ1) is 12.1. The van der Waals surface area contributed by atoms with Crippen molar-refractivity contribution in [1.29, 1.82) is 0 Å². The highest BCUT2D eigenvalue weighted by Crippen LogP contribution is 2.16. The highest BCUT2D eigenvalue weighted by atomic mass is 16.2. The van der Waals surface area contributed by atoms with Gasteiger partial charge in [-0.3, -0.25) is 4.79 Å². The monoisotopic (exact) mass is 339 g/mol. The first-order valence-corrected chi connectivity index (χ1v) is 8.88. The van der Waals surface area contributed by atoms with Crippen LogP contribution in [0.25, 0.3) is 0 Å². The molecule has 25 heavy (non-hydrogen) atoms. The quantitative estimate of drug-likeness (QED) is 0.931. The third kappa shape index (κ3) is 4.72. The molecule has 1 N–H and O–H groups in total. The fourth-order valence-electron chi connectivity index (χ4n) is 3.05. The first kappa shape index (κ1) is 17.3. The van der Waals surface area contributed by atoms with Gasteiger partial charge < -0.3 is 14.8 Å². The Labute approximate surface area is 148 Å². The minimum Gasteiger partial charge on any atom is -0.334 e. The van der Waals surface area contributed by atoms with Crippen molar-refractivity contribution >= 4 is 6.03 Å². The molecular weight excluding hydrogens is 314 g/mol. The van der Waals surface area contributed by atoms with Crippen molar-refractivity contribution in [3.8, 4) is 0 Å². The SMILES string of the molecule is CC1CCN(C(=O)NCc2ccc(Cn3ccccc3=O)cc2)CC1. The average Bonchev–Trinajstić information content (AvgIpc) is 2.63. The number of amides is 2. The summed E-state index contributed by atoms with van der Waals surface area (Å²) in [5, 5.41) is 2.99. The van der Waals surface area contributed by atoms with E-state index in [1.54, 1.807) is 22.9 Å². The molecule has 0 radical (unpaired) electrons. The van der Waals surface area contributed by atoms with E-state index in [0.29, 0.717) is 19.0 Å². The van der Waals surface area contributed by atoms with Crippen LogP contribution in [0.3, 0.4) is 0 Å². The number of urea groups is 1. The van der Waals surface area contributed by atoms with E-state index in [-0.39, 0.29) is 11.6 Å². The number of aromatic nitrogens is 1. The maximum atomic E-state index is 12.2. The van der Waals surface area contributed by atoms with Crippen LogP contribution in [-0.2, 0) is 13.1 Å². The molecule has 5 heteroatoms. The molecule has 1 fully saturated rings. The second kappa shape index (κ2) is 8.01. The zero-order valence-electron chi connectivity index (χ0n) is 14.6. The third-order valence-electron chi connectivity index (χ3n) is 4.79. The summed E-state index contributed by atoms with van der Waals surface area (Å²) in [6, 6.07) is 13.2. The van der Waals surface area contributed by atoms with Crippen LogP contribution in [0.4, 0.5) is 4.79 Å². The molecule has 2 aromatic rings. The van der Waals surface area contributed by atoms with Gasteiger partial charge in [0.15, 0.2) is 0 Å².